The van der Waals surface area contributed by atoms with Gasteiger partial charge in [-0.1, -0.05) is 15.9 Å². The fourth-order valence-electron chi connectivity index (χ4n) is 2.21. The van der Waals surface area contributed by atoms with Crippen molar-refractivity contribution in [2.24, 2.45) is 0 Å². The largest absolute Gasteiger partial charge is 0.321 e. The van der Waals surface area contributed by atoms with Crippen LogP contribution in [0.4, 0.5) is 11.4 Å². The number of thiophene rings is 1. The van der Waals surface area contributed by atoms with E-state index in [1.165, 1.54) is 23.5 Å². The number of hydrogen-bond donors (Lipinski definition) is 1. The average molecular weight is 391 g/mol. The number of anilines is 1. The lowest BCUT2D eigenvalue weighted by Gasteiger charge is -2.07. The van der Waals surface area contributed by atoms with Crippen LogP contribution in [0, 0.1) is 17.0 Å². The number of benzene rings is 2. The van der Waals surface area contributed by atoms with Crippen molar-refractivity contribution in [2.45, 2.75) is 6.92 Å². The maximum absolute atomic E-state index is 12.4. The third kappa shape index (κ3) is 3.25. The van der Waals surface area contributed by atoms with E-state index < -0.39 is 4.92 Å². The fourth-order valence-corrected chi connectivity index (χ4v) is 3.62. The highest BCUT2D eigenvalue weighted by atomic mass is 79.9. The number of nitro groups is 1. The normalized spacial score (nSPS) is 10.7. The minimum Gasteiger partial charge on any atom is -0.321 e. The molecule has 0 aliphatic carbocycles. The summed E-state index contributed by atoms with van der Waals surface area (Å²) in [5.41, 5.74) is 1.71. The molecule has 2 aromatic carbocycles. The van der Waals surface area contributed by atoms with E-state index in [1.54, 1.807) is 12.1 Å². The molecule has 3 rings (SSSR count). The van der Waals surface area contributed by atoms with Crippen molar-refractivity contribution in [1.82, 2.24) is 0 Å². The third-order valence-corrected chi connectivity index (χ3v) is 4.98. The lowest BCUT2D eigenvalue weighted by atomic mass is 10.2. The van der Waals surface area contributed by atoms with Crippen LogP contribution in [-0.4, -0.2) is 10.8 Å². The fraction of sp³-hybridized carbons (Fsp3) is 0.0625. The van der Waals surface area contributed by atoms with Gasteiger partial charge in [0.2, 0.25) is 0 Å². The Morgan fingerprint density at radius 2 is 2.00 bits per heavy atom. The molecular weight excluding hydrogens is 380 g/mol. The number of nitrogens with one attached hydrogen (secondary N) is 1. The highest BCUT2D eigenvalue weighted by Gasteiger charge is 2.14. The summed E-state index contributed by atoms with van der Waals surface area (Å²) in [6, 6.07) is 11.9. The molecule has 0 aliphatic rings. The Balaban J connectivity index is 1.90. The predicted molar refractivity (Wildman–Crippen MR) is 95.3 cm³/mol. The first-order valence-electron chi connectivity index (χ1n) is 6.69. The van der Waals surface area contributed by atoms with Gasteiger partial charge < -0.3 is 5.32 Å². The number of nitrogens with zero attached hydrogens (tertiary/aromatic N) is 1. The number of aryl methyl sites for hydroxylation is 1. The summed E-state index contributed by atoms with van der Waals surface area (Å²) < 4.78 is 1.79. The number of nitro benzene ring substituents is 1. The van der Waals surface area contributed by atoms with Gasteiger partial charge in [0.05, 0.1) is 9.80 Å². The summed E-state index contributed by atoms with van der Waals surface area (Å²) in [6.45, 7) is 1.91. The summed E-state index contributed by atoms with van der Waals surface area (Å²) in [4.78, 5) is 23.3. The topological polar surface area (TPSA) is 72.2 Å². The Kier molecular flexibility index (Phi) is 4.14. The number of amides is 1. The molecule has 0 fully saturated rings. The number of fused-ring (bicyclic) bond motifs is 1. The maximum Gasteiger partial charge on any atom is 0.270 e. The molecule has 3 aromatic rings. The van der Waals surface area contributed by atoms with E-state index in [9.17, 15) is 14.9 Å². The van der Waals surface area contributed by atoms with E-state index in [4.69, 9.17) is 0 Å². The summed E-state index contributed by atoms with van der Waals surface area (Å²) in [6.07, 6.45) is 0. The van der Waals surface area contributed by atoms with Crippen molar-refractivity contribution in [3.05, 3.63) is 67.5 Å². The van der Waals surface area contributed by atoms with Gasteiger partial charge in [-0.05, 0) is 42.8 Å². The summed E-state index contributed by atoms with van der Waals surface area (Å²) in [5.74, 6) is -0.223. The summed E-state index contributed by atoms with van der Waals surface area (Å²) in [5, 5.41) is 14.4. The summed E-state index contributed by atoms with van der Waals surface area (Å²) >= 11 is 4.69. The third-order valence-electron chi connectivity index (χ3n) is 3.37. The van der Waals surface area contributed by atoms with Gasteiger partial charge in [0.1, 0.15) is 0 Å². The summed E-state index contributed by atoms with van der Waals surface area (Å²) in [7, 11) is 0. The van der Waals surface area contributed by atoms with Gasteiger partial charge in [0, 0.05) is 32.4 Å². The number of rotatable bonds is 3. The number of hydrogen-bond acceptors (Lipinski definition) is 4. The molecule has 23 heavy (non-hydrogen) atoms. The molecule has 5 nitrogen and oxygen atoms in total. The molecular formula is C16H11BrN2O3S. The number of non-ortho nitro benzene ring substituents is 1. The van der Waals surface area contributed by atoms with Crippen molar-refractivity contribution >= 4 is 54.6 Å². The zero-order chi connectivity index (χ0) is 16.6. The van der Waals surface area contributed by atoms with E-state index in [0.29, 0.717) is 10.3 Å². The van der Waals surface area contributed by atoms with Gasteiger partial charge in [-0.3, -0.25) is 14.9 Å². The SMILES string of the molecule is Cc1cc(Br)ccc1NC(=O)c1cc2cc([N+](=O)[O-])ccc2s1. The highest BCUT2D eigenvalue weighted by molar-refractivity contribution is 9.10. The van der Waals surface area contributed by atoms with E-state index in [1.807, 2.05) is 25.1 Å². The Hall–Kier alpha value is -2.25. The zero-order valence-corrected chi connectivity index (χ0v) is 14.4. The Morgan fingerprint density at radius 1 is 1.22 bits per heavy atom. The van der Waals surface area contributed by atoms with Crippen LogP contribution in [0.3, 0.4) is 0 Å². The molecule has 0 saturated heterocycles. The zero-order valence-electron chi connectivity index (χ0n) is 12.0. The van der Waals surface area contributed by atoms with Gasteiger partial charge in [0.15, 0.2) is 0 Å². The minimum atomic E-state index is -0.442. The second-order valence-electron chi connectivity index (χ2n) is 5.00. The lowest BCUT2D eigenvalue weighted by Crippen LogP contribution is -2.10. The number of carbonyl (C=O) groups is 1. The van der Waals surface area contributed by atoms with Gasteiger partial charge >= 0.3 is 0 Å². The number of halogens is 1. The molecule has 0 saturated carbocycles. The predicted octanol–water partition coefficient (Wildman–Crippen LogP) is 5.13. The van der Waals surface area contributed by atoms with Crippen LogP contribution < -0.4 is 5.32 Å². The van der Waals surface area contributed by atoms with Crippen LogP contribution in [0.15, 0.2) is 46.9 Å². The van der Waals surface area contributed by atoms with Crippen molar-refractivity contribution in [3.8, 4) is 0 Å². The second kappa shape index (κ2) is 6.10. The Labute approximate surface area is 144 Å². The van der Waals surface area contributed by atoms with Crippen LogP contribution in [0.25, 0.3) is 10.1 Å². The Morgan fingerprint density at radius 3 is 2.70 bits per heavy atom. The standard InChI is InChI=1S/C16H11BrN2O3S/c1-9-6-11(17)2-4-13(9)18-16(20)15-8-10-7-12(19(21)22)3-5-14(10)23-15/h2-8H,1H3,(H,18,20). The van der Waals surface area contributed by atoms with E-state index in [0.717, 1.165) is 20.4 Å². The maximum atomic E-state index is 12.4. The minimum absolute atomic E-state index is 0.0195. The van der Waals surface area contributed by atoms with Crippen LogP contribution in [0.1, 0.15) is 15.2 Å². The van der Waals surface area contributed by atoms with Gasteiger partial charge in [0.25, 0.3) is 11.6 Å². The first-order valence-corrected chi connectivity index (χ1v) is 8.30. The van der Waals surface area contributed by atoms with E-state index in [2.05, 4.69) is 21.2 Å². The van der Waals surface area contributed by atoms with Crippen molar-refractivity contribution in [1.29, 1.82) is 0 Å². The van der Waals surface area contributed by atoms with Crippen molar-refractivity contribution in [2.75, 3.05) is 5.32 Å². The molecule has 1 aromatic heterocycles. The molecule has 1 N–H and O–H groups in total. The van der Waals surface area contributed by atoms with Crippen molar-refractivity contribution in [3.63, 3.8) is 0 Å². The first-order chi connectivity index (χ1) is 10.9. The first kappa shape index (κ1) is 15.6. The van der Waals surface area contributed by atoms with Gasteiger partial charge in [-0.25, -0.2) is 0 Å². The highest BCUT2D eigenvalue weighted by Crippen LogP contribution is 2.30. The Bertz CT molecular complexity index is 936. The molecule has 0 atom stereocenters. The molecule has 1 amide bonds. The molecule has 0 spiro atoms. The average Bonchev–Trinajstić information content (AvgIpc) is 2.93. The van der Waals surface area contributed by atoms with E-state index in [-0.39, 0.29) is 11.6 Å². The molecule has 7 heteroatoms. The molecule has 0 bridgehead atoms. The monoisotopic (exact) mass is 390 g/mol. The molecule has 0 unspecified atom stereocenters. The molecule has 0 aliphatic heterocycles. The van der Waals surface area contributed by atoms with Crippen LogP contribution >= 0.6 is 27.3 Å². The van der Waals surface area contributed by atoms with Crippen molar-refractivity contribution < 1.29 is 9.72 Å². The quantitative estimate of drug-likeness (QED) is 0.497. The van der Waals surface area contributed by atoms with E-state index >= 15 is 0 Å². The van der Waals surface area contributed by atoms with Gasteiger partial charge in [-0.2, -0.15) is 0 Å². The van der Waals surface area contributed by atoms with Crippen LogP contribution in [-0.2, 0) is 0 Å². The molecule has 1 heterocycles. The number of carbonyl (C=O) groups excluding carboxylic acids is 1. The second-order valence-corrected chi connectivity index (χ2v) is 7.00. The molecule has 116 valence electrons. The van der Waals surface area contributed by atoms with Crippen LogP contribution in [0.2, 0.25) is 0 Å². The smallest absolute Gasteiger partial charge is 0.270 e. The molecule has 0 radical (unpaired) electrons. The van der Waals surface area contributed by atoms with Crippen LogP contribution in [0.5, 0.6) is 0 Å². The van der Waals surface area contributed by atoms with Gasteiger partial charge in [-0.15, -0.1) is 11.3 Å². The lowest BCUT2D eigenvalue weighted by molar-refractivity contribution is -0.384.